The first-order valence-electron chi connectivity index (χ1n) is 9.18. The number of aromatic nitrogens is 1. The number of benzene rings is 1. The summed E-state index contributed by atoms with van der Waals surface area (Å²) in [6.45, 7) is 6.48. The van der Waals surface area contributed by atoms with Crippen molar-refractivity contribution in [3.05, 3.63) is 24.3 Å². The Hall–Kier alpha value is -2.55. The number of nitrogens with zero attached hydrogens (tertiary/aromatic N) is 4. The van der Waals surface area contributed by atoms with E-state index in [4.69, 9.17) is 4.74 Å². The highest BCUT2D eigenvalue weighted by atomic mass is 32.1. The van der Waals surface area contributed by atoms with Crippen molar-refractivity contribution >= 4 is 38.7 Å². The van der Waals surface area contributed by atoms with Gasteiger partial charge in [-0.2, -0.15) is 0 Å². The van der Waals surface area contributed by atoms with Gasteiger partial charge >= 0.3 is 6.09 Å². The summed E-state index contributed by atoms with van der Waals surface area (Å²) < 4.78 is 6.24. The molecule has 0 saturated carbocycles. The van der Waals surface area contributed by atoms with Crippen molar-refractivity contribution in [3.8, 4) is 0 Å². The molecule has 2 heterocycles. The fourth-order valence-electron chi connectivity index (χ4n) is 2.94. The number of para-hydroxylation sites is 1. The lowest BCUT2D eigenvalue weighted by Gasteiger charge is -2.35. The number of carbonyl (C=O) groups excluding carboxylic acids is 1. The Balaban J connectivity index is 1.41. The van der Waals surface area contributed by atoms with E-state index in [2.05, 4.69) is 31.6 Å². The number of aliphatic imine (C=N–C) groups is 1. The van der Waals surface area contributed by atoms with Crippen LogP contribution in [0.2, 0.25) is 0 Å². The molecule has 3 rings (SSSR count). The van der Waals surface area contributed by atoms with Crippen LogP contribution in [-0.4, -0.2) is 79.8 Å². The Morgan fingerprint density at radius 1 is 1.22 bits per heavy atom. The quantitative estimate of drug-likeness (QED) is 0.462. The number of amides is 1. The second kappa shape index (κ2) is 9.40. The lowest BCUT2D eigenvalue weighted by molar-refractivity contribution is 0.0915. The standard InChI is InChI=1S/C18H26N6O2S/c1-3-26-18(25)24-12-10-23(11-13-24)16(19-2)20-8-9-21-17-22-14-6-4-5-7-15(14)27-17/h4-7H,3,8-13H2,1-2H3,(H,19,20)(H,21,22). The predicted octanol–water partition coefficient (Wildman–Crippen LogP) is 2.06. The number of hydrogen-bond donors (Lipinski definition) is 2. The molecule has 1 aromatic heterocycles. The smallest absolute Gasteiger partial charge is 0.409 e. The van der Waals surface area contributed by atoms with Crippen LogP contribution in [0.15, 0.2) is 29.3 Å². The van der Waals surface area contributed by atoms with Crippen molar-refractivity contribution in [2.24, 2.45) is 4.99 Å². The number of fused-ring (bicyclic) bond motifs is 1. The van der Waals surface area contributed by atoms with Gasteiger partial charge in [-0.3, -0.25) is 4.99 Å². The van der Waals surface area contributed by atoms with Crippen LogP contribution >= 0.6 is 11.3 Å². The van der Waals surface area contributed by atoms with Crippen molar-refractivity contribution in [3.63, 3.8) is 0 Å². The van der Waals surface area contributed by atoms with Gasteiger partial charge in [0, 0.05) is 46.3 Å². The number of ether oxygens (including phenoxy) is 1. The SMILES string of the molecule is CCOC(=O)N1CCN(C(=NC)NCCNc2nc3ccccc3s2)CC1. The average molecular weight is 391 g/mol. The van der Waals surface area contributed by atoms with Crippen LogP contribution in [0.3, 0.4) is 0 Å². The summed E-state index contributed by atoms with van der Waals surface area (Å²) in [6, 6.07) is 8.12. The second-order valence-electron chi connectivity index (χ2n) is 6.06. The van der Waals surface area contributed by atoms with Gasteiger partial charge in [0.2, 0.25) is 0 Å². The predicted molar refractivity (Wildman–Crippen MR) is 110 cm³/mol. The number of hydrogen-bond acceptors (Lipinski definition) is 6. The lowest BCUT2D eigenvalue weighted by Crippen LogP contribution is -2.54. The van der Waals surface area contributed by atoms with E-state index in [9.17, 15) is 4.79 Å². The number of carbonyl (C=O) groups is 1. The molecule has 0 unspecified atom stereocenters. The van der Waals surface area contributed by atoms with Crippen LogP contribution in [0.25, 0.3) is 10.2 Å². The second-order valence-corrected chi connectivity index (χ2v) is 7.09. The minimum Gasteiger partial charge on any atom is -0.450 e. The summed E-state index contributed by atoms with van der Waals surface area (Å²) in [5.74, 6) is 0.851. The highest BCUT2D eigenvalue weighted by Crippen LogP contribution is 2.24. The number of thiazole rings is 1. The van der Waals surface area contributed by atoms with Gasteiger partial charge in [0.05, 0.1) is 16.8 Å². The van der Waals surface area contributed by atoms with Crippen molar-refractivity contribution < 1.29 is 9.53 Å². The van der Waals surface area contributed by atoms with E-state index >= 15 is 0 Å². The van der Waals surface area contributed by atoms with Gasteiger partial charge in [-0.1, -0.05) is 23.5 Å². The Kier molecular flexibility index (Phi) is 6.69. The topological polar surface area (TPSA) is 82.1 Å². The van der Waals surface area contributed by atoms with Crippen molar-refractivity contribution in [1.82, 2.24) is 20.1 Å². The van der Waals surface area contributed by atoms with Crippen LogP contribution in [0, 0.1) is 0 Å². The van der Waals surface area contributed by atoms with E-state index in [-0.39, 0.29) is 6.09 Å². The molecule has 0 atom stereocenters. The first-order chi connectivity index (χ1) is 13.2. The molecule has 1 aromatic carbocycles. The highest BCUT2D eigenvalue weighted by molar-refractivity contribution is 7.22. The molecule has 9 heteroatoms. The third-order valence-corrected chi connectivity index (χ3v) is 5.29. The van der Waals surface area contributed by atoms with Crippen LogP contribution in [0.1, 0.15) is 6.92 Å². The molecule has 27 heavy (non-hydrogen) atoms. The summed E-state index contributed by atoms with van der Waals surface area (Å²) in [4.78, 5) is 24.6. The van der Waals surface area contributed by atoms with Gasteiger partial charge < -0.3 is 25.2 Å². The molecule has 1 saturated heterocycles. The minimum absolute atomic E-state index is 0.236. The van der Waals surface area contributed by atoms with Gasteiger partial charge in [-0.15, -0.1) is 0 Å². The molecule has 2 N–H and O–H groups in total. The van der Waals surface area contributed by atoms with Gasteiger partial charge in [0.25, 0.3) is 0 Å². The molecule has 1 aliphatic heterocycles. The first kappa shape index (κ1) is 19.2. The zero-order chi connectivity index (χ0) is 19.1. The molecule has 0 bridgehead atoms. The van der Waals surface area contributed by atoms with E-state index in [0.717, 1.165) is 42.8 Å². The molecule has 2 aromatic rings. The van der Waals surface area contributed by atoms with E-state index in [1.54, 1.807) is 23.3 Å². The summed E-state index contributed by atoms with van der Waals surface area (Å²) in [5, 5.41) is 7.65. The first-order valence-corrected chi connectivity index (χ1v) is 9.99. The zero-order valence-electron chi connectivity index (χ0n) is 15.8. The zero-order valence-corrected chi connectivity index (χ0v) is 16.6. The molecule has 1 fully saturated rings. The lowest BCUT2D eigenvalue weighted by atomic mass is 10.3. The summed E-state index contributed by atoms with van der Waals surface area (Å²) in [5.41, 5.74) is 1.02. The van der Waals surface area contributed by atoms with Crippen molar-refractivity contribution in [2.45, 2.75) is 6.92 Å². The molecule has 1 aliphatic rings. The van der Waals surface area contributed by atoms with Crippen LogP contribution in [-0.2, 0) is 4.74 Å². The summed E-state index contributed by atoms with van der Waals surface area (Å²) in [6.07, 6.45) is -0.236. The van der Waals surface area contributed by atoms with Crippen LogP contribution in [0.5, 0.6) is 0 Å². The molecule has 0 radical (unpaired) electrons. The number of piperazine rings is 1. The average Bonchev–Trinajstić information content (AvgIpc) is 3.11. The highest BCUT2D eigenvalue weighted by Gasteiger charge is 2.23. The van der Waals surface area contributed by atoms with E-state index < -0.39 is 0 Å². The van der Waals surface area contributed by atoms with E-state index in [1.165, 1.54) is 4.70 Å². The summed E-state index contributed by atoms with van der Waals surface area (Å²) in [7, 11) is 1.78. The molecule has 0 spiro atoms. The number of anilines is 1. The molecule has 0 aliphatic carbocycles. The maximum Gasteiger partial charge on any atom is 0.409 e. The number of guanidine groups is 1. The fraction of sp³-hybridized carbons (Fsp3) is 0.500. The molecular weight excluding hydrogens is 364 g/mol. The van der Waals surface area contributed by atoms with Crippen LogP contribution in [0.4, 0.5) is 9.93 Å². The normalized spacial score (nSPS) is 15.1. The Labute approximate surface area is 163 Å². The Bertz CT molecular complexity index is 752. The molecule has 146 valence electrons. The van der Waals surface area contributed by atoms with E-state index in [0.29, 0.717) is 19.7 Å². The third-order valence-electron chi connectivity index (χ3n) is 4.30. The van der Waals surface area contributed by atoms with Crippen molar-refractivity contribution in [2.75, 3.05) is 58.2 Å². The minimum atomic E-state index is -0.236. The monoisotopic (exact) mass is 390 g/mol. The van der Waals surface area contributed by atoms with Gasteiger partial charge in [-0.25, -0.2) is 9.78 Å². The Morgan fingerprint density at radius 3 is 2.67 bits per heavy atom. The van der Waals surface area contributed by atoms with Gasteiger partial charge in [-0.05, 0) is 19.1 Å². The van der Waals surface area contributed by atoms with Gasteiger partial charge in [0.1, 0.15) is 0 Å². The van der Waals surface area contributed by atoms with Crippen molar-refractivity contribution in [1.29, 1.82) is 0 Å². The number of rotatable bonds is 5. The molecular formula is C18H26N6O2S. The maximum absolute atomic E-state index is 11.8. The molecule has 1 amide bonds. The third kappa shape index (κ3) is 5.00. The fourth-order valence-corrected chi connectivity index (χ4v) is 3.83. The summed E-state index contributed by atoms with van der Waals surface area (Å²) >= 11 is 1.66. The largest absolute Gasteiger partial charge is 0.450 e. The maximum atomic E-state index is 11.8. The van der Waals surface area contributed by atoms with Gasteiger partial charge in [0.15, 0.2) is 11.1 Å². The molecule has 8 nitrogen and oxygen atoms in total. The number of nitrogens with one attached hydrogen (secondary N) is 2. The Morgan fingerprint density at radius 2 is 1.96 bits per heavy atom. The van der Waals surface area contributed by atoms with Crippen LogP contribution < -0.4 is 10.6 Å². The van der Waals surface area contributed by atoms with E-state index in [1.807, 2.05) is 25.1 Å².